The van der Waals surface area contributed by atoms with Crippen molar-refractivity contribution in [3.63, 3.8) is 0 Å². The zero-order valence-corrected chi connectivity index (χ0v) is 14.7. The van der Waals surface area contributed by atoms with Crippen LogP contribution in [0.1, 0.15) is 40.2 Å². The van der Waals surface area contributed by atoms with E-state index in [9.17, 15) is 14.7 Å². The number of hydrogen-bond donors (Lipinski definition) is 1. The normalized spacial score (nSPS) is 17.2. The highest BCUT2D eigenvalue weighted by Gasteiger charge is 2.28. The second kappa shape index (κ2) is 5.37. The summed E-state index contributed by atoms with van der Waals surface area (Å²) in [4.78, 5) is 28.6. The molecule has 0 atom stereocenters. The molecule has 23 heavy (non-hydrogen) atoms. The largest absolute Gasteiger partial charge is 0.494 e. The molecule has 1 aliphatic heterocycles. The summed E-state index contributed by atoms with van der Waals surface area (Å²) in [5.74, 6) is -0.351. The maximum absolute atomic E-state index is 12.3. The van der Waals surface area contributed by atoms with E-state index in [1.54, 1.807) is 6.08 Å². The van der Waals surface area contributed by atoms with Crippen molar-refractivity contribution >= 4 is 11.8 Å². The molecule has 1 aliphatic rings. The second-order valence-electron chi connectivity index (χ2n) is 6.92. The average Bonchev–Trinajstić information content (AvgIpc) is 2.73. The van der Waals surface area contributed by atoms with E-state index in [0.29, 0.717) is 5.70 Å². The summed E-state index contributed by atoms with van der Waals surface area (Å²) in [5.41, 5.74) is 2.54. The van der Waals surface area contributed by atoms with Crippen LogP contribution in [0, 0.1) is 5.41 Å². The molecule has 124 valence electrons. The summed E-state index contributed by atoms with van der Waals surface area (Å²) in [6.07, 6.45) is 1.55. The number of aromatic nitrogens is 2. The standard InChI is InChI=1S/C17H23N3O3/c1-9-12(18-10(2)13(9)17(3,4)5)8-11-14(21)19(6)16(23)20(7)15(11)22/h8,21H,1-7H3. The Morgan fingerprint density at radius 3 is 2.13 bits per heavy atom. The average molecular weight is 317 g/mol. The Labute approximate surface area is 135 Å². The number of rotatable bonds is 1. The minimum atomic E-state index is -0.566. The number of allylic oxidation sites excluding steroid dienone is 2. The van der Waals surface area contributed by atoms with Gasteiger partial charge in [0.05, 0.1) is 5.70 Å². The predicted molar refractivity (Wildman–Crippen MR) is 91.8 cm³/mol. The molecule has 2 rings (SSSR count). The molecule has 0 saturated carbocycles. The summed E-state index contributed by atoms with van der Waals surface area (Å²) >= 11 is 0. The lowest BCUT2D eigenvalue weighted by molar-refractivity contribution is 0.410. The van der Waals surface area contributed by atoms with Gasteiger partial charge in [-0.1, -0.05) is 20.8 Å². The van der Waals surface area contributed by atoms with Gasteiger partial charge in [-0.3, -0.25) is 18.9 Å². The molecule has 1 aromatic heterocycles. The van der Waals surface area contributed by atoms with Gasteiger partial charge < -0.3 is 5.11 Å². The third-order valence-corrected chi connectivity index (χ3v) is 4.11. The monoisotopic (exact) mass is 317 g/mol. The lowest BCUT2D eigenvalue weighted by atomic mass is 9.82. The van der Waals surface area contributed by atoms with Crippen molar-refractivity contribution < 1.29 is 5.11 Å². The number of aliphatic imine (C=N–C) groups is 1. The molecule has 0 fully saturated rings. The van der Waals surface area contributed by atoms with Crippen LogP contribution in [0.25, 0.3) is 6.08 Å². The highest BCUT2D eigenvalue weighted by molar-refractivity contribution is 6.04. The van der Waals surface area contributed by atoms with E-state index in [1.807, 2.05) is 13.8 Å². The molecule has 0 saturated heterocycles. The van der Waals surface area contributed by atoms with Gasteiger partial charge >= 0.3 is 5.69 Å². The topological polar surface area (TPSA) is 76.6 Å². The Bertz CT molecular complexity index is 887. The fraction of sp³-hybridized carbons (Fsp3) is 0.471. The van der Waals surface area contributed by atoms with Crippen LogP contribution >= 0.6 is 0 Å². The lowest BCUT2D eigenvalue weighted by Gasteiger charge is -2.21. The van der Waals surface area contributed by atoms with Gasteiger partial charge in [-0.05, 0) is 36.5 Å². The van der Waals surface area contributed by atoms with Gasteiger partial charge in [0.1, 0.15) is 5.56 Å². The van der Waals surface area contributed by atoms with E-state index in [1.165, 1.54) is 14.1 Å². The highest BCUT2D eigenvalue weighted by Crippen LogP contribution is 2.37. The molecule has 0 radical (unpaired) electrons. The van der Waals surface area contributed by atoms with Crippen molar-refractivity contribution in [2.45, 2.75) is 34.6 Å². The molecule has 1 N–H and O–H groups in total. The quantitative estimate of drug-likeness (QED) is 0.860. The van der Waals surface area contributed by atoms with Crippen molar-refractivity contribution in [3.8, 4) is 5.88 Å². The molecule has 2 heterocycles. The van der Waals surface area contributed by atoms with E-state index in [-0.39, 0.29) is 16.9 Å². The summed E-state index contributed by atoms with van der Waals surface area (Å²) in [5, 5.41) is 10.2. The van der Waals surface area contributed by atoms with Gasteiger partial charge in [-0.2, -0.15) is 0 Å². The molecular formula is C17H23N3O3. The molecule has 0 unspecified atom stereocenters. The van der Waals surface area contributed by atoms with Crippen molar-refractivity contribution in [2.24, 2.45) is 24.5 Å². The first-order valence-electron chi connectivity index (χ1n) is 7.45. The molecule has 0 aliphatic carbocycles. The van der Waals surface area contributed by atoms with Gasteiger partial charge in [-0.25, -0.2) is 4.79 Å². The fourth-order valence-corrected chi connectivity index (χ4v) is 3.09. The van der Waals surface area contributed by atoms with E-state index >= 15 is 0 Å². The lowest BCUT2D eigenvalue weighted by Crippen LogP contribution is -2.38. The third-order valence-electron chi connectivity index (χ3n) is 4.11. The van der Waals surface area contributed by atoms with E-state index in [4.69, 9.17) is 0 Å². The van der Waals surface area contributed by atoms with Gasteiger partial charge in [-0.15, -0.1) is 0 Å². The molecule has 0 bridgehead atoms. The minimum absolute atomic E-state index is 0.0654. The van der Waals surface area contributed by atoms with Crippen molar-refractivity contribution in [1.82, 2.24) is 9.13 Å². The van der Waals surface area contributed by atoms with Gasteiger partial charge in [0.25, 0.3) is 5.56 Å². The van der Waals surface area contributed by atoms with Gasteiger partial charge in [0.15, 0.2) is 0 Å². The van der Waals surface area contributed by atoms with Crippen molar-refractivity contribution in [3.05, 3.63) is 43.2 Å². The minimum Gasteiger partial charge on any atom is -0.494 e. The molecule has 6 heteroatoms. The third kappa shape index (κ3) is 2.69. The summed E-state index contributed by atoms with van der Waals surface area (Å²) in [7, 11) is 2.81. The van der Waals surface area contributed by atoms with Crippen molar-refractivity contribution in [2.75, 3.05) is 0 Å². The number of aromatic hydroxyl groups is 1. The van der Waals surface area contributed by atoms with E-state index < -0.39 is 11.2 Å². The van der Waals surface area contributed by atoms with Crippen molar-refractivity contribution in [1.29, 1.82) is 0 Å². The summed E-state index contributed by atoms with van der Waals surface area (Å²) < 4.78 is 2.02. The predicted octanol–water partition coefficient (Wildman–Crippen LogP) is 1.97. The Morgan fingerprint density at radius 2 is 1.65 bits per heavy atom. The number of nitrogens with zero attached hydrogens (tertiary/aromatic N) is 3. The Hall–Kier alpha value is -2.37. The first kappa shape index (κ1) is 17.0. The first-order valence-corrected chi connectivity index (χ1v) is 7.45. The zero-order chi connectivity index (χ0) is 17.7. The molecular weight excluding hydrogens is 294 g/mol. The van der Waals surface area contributed by atoms with Gasteiger partial charge in [0, 0.05) is 19.8 Å². The first-order chi connectivity index (χ1) is 10.5. The van der Waals surface area contributed by atoms with Crippen LogP contribution in [0.4, 0.5) is 0 Å². The fourth-order valence-electron chi connectivity index (χ4n) is 3.09. The highest BCUT2D eigenvalue weighted by atomic mass is 16.3. The SMILES string of the molecule is CC1=NC(=Cc2c(O)n(C)c(=O)n(C)c2=O)C(C)=C1C(C)(C)C. The van der Waals surface area contributed by atoms with Crippen LogP contribution in [-0.2, 0) is 14.1 Å². The maximum atomic E-state index is 12.3. The molecule has 0 amide bonds. The molecule has 1 aromatic rings. The maximum Gasteiger partial charge on any atom is 0.333 e. The Morgan fingerprint density at radius 1 is 1.09 bits per heavy atom. The van der Waals surface area contributed by atoms with Crippen LogP contribution in [-0.4, -0.2) is 20.0 Å². The van der Waals surface area contributed by atoms with Crippen LogP contribution in [0.15, 0.2) is 31.4 Å². The molecule has 0 aromatic carbocycles. The summed E-state index contributed by atoms with van der Waals surface area (Å²) in [6, 6.07) is 0. The Balaban J connectivity index is 2.74. The van der Waals surface area contributed by atoms with Crippen LogP contribution in [0.2, 0.25) is 0 Å². The second-order valence-corrected chi connectivity index (χ2v) is 6.92. The Kier molecular flexibility index (Phi) is 3.96. The van der Waals surface area contributed by atoms with Crippen LogP contribution < -0.4 is 11.2 Å². The van der Waals surface area contributed by atoms with Gasteiger partial charge in [0.2, 0.25) is 5.88 Å². The van der Waals surface area contributed by atoms with E-state index in [2.05, 4.69) is 25.8 Å². The number of hydrogen-bond acceptors (Lipinski definition) is 4. The van der Waals surface area contributed by atoms with Crippen LogP contribution in [0.3, 0.4) is 0 Å². The van der Waals surface area contributed by atoms with E-state index in [0.717, 1.165) is 26.0 Å². The zero-order valence-electron chi connectivity index (χ0n) is 14.7. The smallest absolute Gasteiger partial charge is 0.333 e. The summed E-state index contributed by atoms with van der Waals surface area (Å²) in [6.45, 7) is 10.2. The molecule has 6 nitrogen and oxygen atoms in total. The van der Waals surface area contributed by atoms with Crippen LogP contribution in [0.5, 0.6) is 5.88 Å². The molecule has 0 spiro atoms.